The molecule has 0 bridgehead atoms. The quantitative estimate of drug-likeness (QED) is 0.379. The Hall–Kier alpha value is -3.93. The van der Waals surface area contributed by atoms with Crippen molar-refractivity contribution in [2.75, 3.05) is 13.1 Å². The number of pyridine rings is 2. The lowest BCUT2D eigenvalue weighted by atomic mass is 10.1. The number of fused-ring (bicyclic) bond motifs is 3. The highest BCUT2D eigenvalue weighted by Crippen LogP contribution is 2.40. The SMILES string of the molecule is CCN(CC)C(=O)c1sc2c(c1OCc1ccncc1)c(=O)n(C)c1ccccc21.O=C(O)C(F)(F)F. The molecule has 0 saturated carbocycles. The van der Waals surface area contributed by atoms with Gasteiger partial charge in [0.05, 0.1) is 10.2 Å². The summed E-state index contributed by atoms with van der Waals surface area (Å²) in [7, 11) is 1.75. The first kappa shape index (κ1) is 27.7. The van der Waals surface area contributed by atoms with Crippen molar-refractivity contribution in [1.29, 1.82) is 0 Å². The van der Waals surface area contributed by atoms with Crippen LogP contribution >= 0.6 is 11.3 Å². The summed E-state index contributed by atoms with van der Waals surface area (Å²) in [6, 6.07) is 11.5. The van der Waals surface area contributed by atoms with E-state index in [1.807, 2.05) is 50.2 Å². The highest BCUT2D eigenvalue weighted by molar-refractivity contribution is 7.22. The standard InChI is InChI=1S/C23H23N3O3S.C2HF3O2/c1-4-26(5-2)23(28)21-19(29-14-15-10-12-24-13-11-15)18-20(30-21)16-8-6-7-9-17(16)25(3)22(18)27;3-2(4,5)1(6)7/h6-13H,4-5,14H2,1-3H3;(H,6,7). The molecule has 12 heteroatoms. The van der Waals surface area contributed by atoms with Crippen LogP contribution in [0, 0.1) is 0 Å². The van der Waals surface area contributed by atoms with Gasteiger partial charge in [0, 0.05) is 37.9 Å². The maximum Gasteiger partial charge on any atom is 0.490 e. The number of hydrogen-bond acceptors (Lipinski definition) is 6. The molecular weight excluding hydrogens is 511 g/mol. The number of carbonyl (C=O) groups is 2. The molecule has 0 aliphatic carbocycles. The van der Waals surface area contributed by atoms with Crippen LogP contribution in [0.15, 0.2) is 53.6 Å². The number of rotatable bonds is 6. The number of benzene rings is 1. The second kappa shape index (κ2) is 11.4. The second-order valence-electron chi connectivity index (χ2n) is 7.77. The van der Waals surface area contributed by atoms with E-state index in [0.717, 1.165) is 21.2 Å². The molecule has 0 saturated heterocycles. The van der Waals surface area contributed by atoms with E-state index in [0.29, 0.717) is 29.1 Å². The normalized spacial score (nSPS) is 11.2. The molecule has 37 heavy (non-hydrogen) atoms. The summed E-state index contributed by atoms with van der Waals surface area (Å²) in [4.78, 5) is 41.7. The van der Waals surface area contributed by atoms with Crippen LogP contribution in [0.2, 0.25) is 0 Å². The molecule has 1 amide bonds. The van der Waals surface area contributed by atoms with Crippen molar-refractivity contribution >= 4 is 44.2 Å². The number of alkyl halides is 3. The van der Waals surface area contributed by atoms with Gasteiger partial charge in [0.1, 0.15) is 16.9 Å². The molecule has 1 aromatic carbocycles. The highest BCUT2D eigenvalue weighted by atomic mass is 32.1. The zero-order chi connectivity index (χ0) is 27.3. The Balaban J connectivity index is 0.000000479. The third-order valence-corrected chi connectivity index (χ3v) is 6.71. The minimum atomic E-state index is -5.08. The van der Waals surface area contributed by atoms with Gasteiger partial charge in [-0.25, -0.2) is 4.79 Å². The Bertz CT molecular complexity index is 1480. The van der Waals surface area contributed by atoms with Gasteiger partial charge in [-0.05, 0) is 37.6 Å². The molecule has 0 fully saturated rings. The summed E-state index contributed by atoms with van der Waals surface area (Å²) < 4.78 is 40.3. The molecule has 196 valence electrons. The van der Waals surface area contributed by atoms with E-state index in [9.17, 15) is 22.8 Å². The molecule has 0 spiro atoms. The Morgan fingerprint density at radius 3 is 2.27 bits per heavy atom. The summed E-state index contributed by atoms with van der Waals surface area (Å²) in [6.07, 6.45) is -1.70. The van der Waals surface area contributed by atoms with Crippen LogP contribution in [0.5, 0.6) is 5.75 Å². The van der Waals surface area contributed by atoms with E-state index in [1.165, 1.54) is 11.3 Å². The van der Waals surface area contributed by atoms with Gasteiger partial charge in [0.15, 0.2) is 5.75 Å². The van der Waals surface area contributed by atoms with Gasteiger partial charge in [0.25, 0.3) is 11.5 Å². The fraction of sp³-hybridized carbons (Fsp3) is 0.280. The van der Waals surface area contributed by atoms with Crippen molar-refractivity contribution in [3.8, 4) is 5.75 Å². The van der Waals surface area contributed by atoms with Crippen LogP contribution in [-0.4, -0.2) is 50.7 Å². The van der Waals surface area contributed by atoms with Crippen molar-refractivity contribution in [1.82, 2.24) is 14.5 Å². The van der Waals surface area contributed by atoms with Crippen molar-refractivity contribution in [3.63, 3.8) is 0 Å². The van der Waals surface area contributed by atoms with Crippen molar-refractivity contribution in [2.45, 2.75) is 26.6 Å². The van der Waals surface area contributed by atoms with Crippen molar-refractivity contribution < 1.29 is 32.6 Å². The average molecular weight is 536 g/mol. The maximum absolute atomic E-state index is 13.3. The lowest BCUT2D eigenvalue weighted by Crippen LogP contribution is -2.30. The van der Waals surface area contributed by atoms with Gasteiger partial charge in [-0.2, -0.15) is 13.2 Å². The van der Waals surface area contributed by atoms with E-state index >= 15 is 0 Å². The van der Waals surface area contributed by atoms with Gasteiger partial charge >= 0.3 is 12.1 Å². The number of para-hydroxylation sites is 1. The molecular formula is C25H24F3N3O5S. The van der Waals surface area contributed by atoms with Crippen LogP contribution in [0.25, 0.3) is 21.0 Å². The average Bonchev–Trinajstić information content (AvgIpc) is 3.27. The number of hydrogen-bond donors (Lipinski definition) is 1. The number of ether oxygens (including phenoxy) is 1. The lowest BCUT2D eigenvalue weighted by molar-refractivity contribution is -0.192. The van der Waals surface area contributed by atoms with Gasteiger partial charge in [0.2, 0.25) is 0 Å². The van der Waals surface area contributed by atoms with E-state index in [-0.39, 0.29) is 18.1 Å². The number of nitrogens with zero attached hydrogens (tertiary/aromatic N) is 3. The van der Waals surface area contributed by atoms with Crippen LogP contribution in [-0.2, 0) is 18.4 Å². The van der Waals surface area contributed by atoms with E-state index in [1.54, 1.807) is 28.9 Å². The smallest absolute Gasteiger partial charge is 0.486 e. The first-order chi connectivity index (χ1) is 17.5. The Labute approximate surface area is 213 Å². The summed E-state index contributed by atoms with van der Waals surface area (Å²) >= 11 is 1.34. The van der Waals surface area contributed by atoms with Crippen LogP contribution in [0.3, 0.4) is 0 Å². The van der Waals surface area contributed by atoms with E-state index < -0.39 is 12.1 Å². The van der Waals surface area contributed by atoms with Crippen LogP contribution in [0.1, 0.15) is 29.1 Å². The Kier molecular flexibility index (Phi) is 8.53. The third-order valence-electron chi connectivity index (χ3n) is 5.51. The number of aryl methyl sites for hydroxylation is 1. The number of carboxylic acids is 1. The van der Waals surface area contributed by atoms with Gasteiger partial charge in [-0.3, -0.25) is 14.6 Å². The summed E-state index contributed by atoms with van der Waals surface area (Å²) in [5.74, 6) is -2.50. The molecule has 1 N–H and O–H groups in total. The molecule has 0 aliphatic rings. The zero-order valence-corrected chi connectivity index (χ0v) is 21.0. The fourth-order valence-corrected chi connectivity index (χ4v) is 4.84. The zero-order valence-electron chi connectivity index (χ0n) is 20.2. The highest BCUT2D eigenvalue weighted by Gasteiger charge is 2.38. The summed E-state index contributed by atoms with van der Waals surface area (Å²) in [6.45, 7) is 5.32. The molecule has 0 radical (unpaired) electrons. The first-order valence-electron chi connectivity index (χ1n) is 11.2. The molecule has 0 unspecified atom stereocenters. The monoisotopic (exact) mass is 535 g/mol. The fourth-order valence-electron chi connectivity index (χ4n) is 3.60. The first-order valence-corrected chi connectivity index (χ1v) is 12.0. The second-order valence-corrected chi connectivity index (χ2v) is 8.79. The van der Waals surface area contributed by atoms with Crippen LogP contribution < -0.4 is 10.3 Å². The number of carboxylic acid groups (broad SMARTS) is 1. The van der Waals surface area contributed by atoms with Crippen molar-refractivity contribution in [2.24, 2.45) is 7.05 Å². The largest absolute Gasteiger partial charge is 0.490 e. The molecule has 0 atom stereocenters. The third kappa shape index (κ3) is 5.91. The number of amides is 1. The number of aromatic nitrogens is 2. The van der Waals surface area contributed by atoms with Crippen molar-refractivity contribution in [3.05, 3.63) is 69.6 Å². The predicted molar refractivity (Wildman–Crippen MR) is 134 cm³/mol. The lowest BCUT2D eigenvalue weighted by Gasteiger charge is -2.18. The molecule has 3 aromatic heterocycles. The Morgan fingerprint density at radius 1 is 1.11 bits per heavy atom. The molecule has 0 aliphatic heterocycles. The van der Waals surface area contributed by atoms with E-state index in [2.05, 4.69) is 4.98 Å². The summed E-state index contributed by atoms with van der Waals surface area (Å²) in [5.41, 5.74) is 1.59. The number of thiophene rings is 1. The molecule has 4 aromatic rings. The van der Waals surface area contributed by atoms with Gasteiger partial charge < -0.3 is 19.3 Å². The maximum atomic E-state index is 13.3. The van der Waals surface area contributed by atoms with Gasteiger partial charge in [-0.1, -0.05) is 18.2 Å². The molecule has 4 rings (SSSR count). The Morgan fingerprint density at radius 2 is 1.70 bits per heavy atom. The van der Waals surface area contributed by atoms with Gasteiger partial charge in [-0.15, -0.1) is 11.3 Å². The summed E-state index contributed by atoms with van der Waals surface area (Å²) in [5, 5.41) is 8.53. The van der Waals surface area contributed by atoms with E-state index in [4.69, 9.17) is 14.6 Å². The number of carbonyl (C=O) groups excluding carboxylic acids is 1. The number of halogens is 3. The minimum Gasteiger partial charge on any atom is -0.486 e. The molecule has 8 nitrogen and oxygen atoms in total. The van der Waals surface area contributed by atoms with Crippen LogP contribution in [0.4, 0.5) is 13.2 Å². The predicted octanol–water partition coefficient (Wildman–Crippen LogP) is 4.84. The number of aliphatic carboxylic acids is 1. The topological polar surface area (TPSA) is 102 Å². The molecule has 3 heterocycles. The minimum absolute atomic E-state index is 0.114.